The topological polar surface area (TPSA) is 24.1 Å². The molecule has 0 amide bonds. The van der Waals surface area contributed by atoms with Crippen LogP contribution in [-0.4, -0.2) is 31.9 Å². The van der Waals surface area contributed by atoms with Crippen molar-refractivity contribution in [3.63, 3.8) is 0 Å². The van der Waals surface area contributed by atoms with E-state index in [1.807, 2.05) is 0 Å². The normalized spacial score (nSPS) is 12.4. The lowest BCUT2D eigenvalue weighted by Gasteiger charge is -2.09. The molecule has 0 fully saturated rings. The highest BCUT2D eigenvalue weighted by atomic mass is 19.4. The third-order valence-electron chi connectivity index (χ3n) is 1.92. The van der Waals surface area contributed by atoms with Crippen molar-refractivity contribution < 1.29 is 13.2 Å². The minimum atomic E-state index is -4.04. The summed E-state index contributed by atoms with van der Waals surface area (Å²) in [6, 6.07) is 0.475. The Balaban J connectivity index is 3.06. The zero-order valence-corrected chi connectivity index (χ0v) is 9.45. The molecule has 0 aromatic rings. The molecule has 0 spiro atoms. The lowest BCUT2D eigenvalue weighted by atomic mass is 10.3. The summed E-state index contributed by atoms with van der Waals surface area (Å²) in [5.41, 5.74) is 0. The smallest absolute Gasteiger partial charge is 0.316 e. The number of nitrogens with one attached hydrogen (secondary N) is 2. The van der Waals surface area contributed by atoms with Crippen LogP contribution in [0.5, 0.6) is 0 Å². The summed E-state index contributed by atoms with van der Waals surface area (Å²) in [4.78, 5) is 0. The molecule has 0 radical (unpaired) electrons. The summed E-state index contributed by atoms with van der Waals surface area (Å²) < 4.78 is 35.2. The fourth-order valence-electron chi connectivity index (χ4n) is 1.12. The van der Waals surface area contributed by atoms with Gasteiger partial charge in [0.15, 0.2) is 0 Å². The molecular weight excluding hydrogens is 205 g/mol. The summed E-state index contributed by atoms with van der Waals surface area (Å²) in [6.07, 6.45) is -2.86. The lowest BCUT2D eigenvalue weighted by molar-refractivity contribution is -0.133. The maximum Gasteiger partial charge on any atom is 0.390 e. The van der Waals surface area contributed by atoms with Gasteiger partial charge in [0.05, 0.1) is 6.42 Å². The highest BCUT2D eigenvalue weighted by Gasteiger charge is 2.25. The van der Waals surface area contributed by atoms with E-state index in [4.69, 9.17) is 0 Å². The van der Waals surface area contributed by atoms with Crippen LogP contribution < -0.4 is 10.6 Å². The summed E-state index contributed by atoms with van der Waals surface area (Å²) >= 11 is 0. The van der Waals surface area contributed by atoms with Crippen molar-refractivity contribution in [2.24, 2.45) is 0 Å². The first-order valence-electron chi connectivity index (χ1n) is 5.42. The van der Waals surface area contributed by atoms with E-state index in [-0.39, 0.29) is 6.54 Å². The summed E-state index contributed by atoms with van der Waals surface area (Å²) in [6.45, 7) is 5.76. The molecule has 2 N–H and O–H groups in total. The van der Waals surface area contributed by atoms with E-state index in [1.165, 1.54) is 0 Å². The second-order valence-electron chi connectivity index (χ2n) is 3.93. The third kappa shape index (κ3) is 13.7. The number of rotatable bonds is 8. The molecule has 0 bridgehead atoms. The van der Waals surface area contributed by atoms with Crippen LogP contribution in [-0.2, 0) is 0 Å². The van der Waals surface area contributed by atoms with Crippen molar-refractivity contribution in [3.05, 3.63) is 0 Å². The van der Waals surface area contributed by atoms with Gasteiger partial charge >= 0.3 is 6.18 Å². The van der Waals surface area contributed by atoms with Crippen LogP contribution in [0.1, 0.15) is 33.1 Å². The van der Waals surface area contributed by atoms with Crippen molar-refractivity contribution in [2.75, 3.05) is 19.6 Å². The average Bonchev–Trinajstić information content (AvgIpc) is 2.07. The van der Waals surface area contributed by atoms with Gasteiger partial charge < -0.3 is 10.6 Å². The second-order valence-corrected chi connectivity index (χ2v) is 3.93. The zero-order valence-electron chi connectivity index (χ0n) is 9.45. The van der Waals surface area contributed by atoms with Crippen molar-refractivity contribution in [3.8, 4) is 0 Å². The Morgan fingerprint density at radius 2 is 1.60 bits per heavy atom. The molecule has 0 atom stereocenters. The molecule has 15 heavy (non-hydrogen) atoms. The molecule has 5 heteroatoms. The van der Waals surface area contributed by atoms with Crippen LogP contribution >= 0.6 is 0 Å². The van der Waals surface area contributed by atoms with Crippen LogP contribution in [0.3, 0.4) is 0 Å². The Morgan fingerprint density at radius 3 is 2.13 bits per heavy atom. The Labute approximate surface area is 89.6 Å². The maximum atomic E-state index is 11.7. The van der Waals surface area contributed by atoms with Crippen LogP contribution in [0.2, 0.25) is 0 Å². The van der Waals surface area contributed by atoms with Gasteiger partial charge in [-0.3, -0.25) is 0 Å². The zero-order chi connectivity index (χ0) is 11.7. The Kier molecular flexibility index (Phi) is 7.78. The fraction of sp³-hybridized carbons (Fsp3) is 1.00. The van der Waals surface area contributed by atoms with E-state index < -0.39 is 12.6 Å². The van der Waals surface area contributed by atoms with Gasteiger partial charge in [0.1, 0.15) is 0 Å². The molecule has 0 rings (SSSR count). The van der Waals surface area contributed by atoms with Gasteiger partial charge in [-0.2, -0.15) is 13.2 Å². The SMILES string of the molecule is CC(C)NCCCCNCCC(F)(F)F. The molecular formula is C10H21F3N2. The van der Waals surface area contributed by atoms with Gasteiger partial charge in [0, 0.05) is 12.6 Å². The molecule has 0 aliphatic carbocycles. The lowest BCUT2D eigenvalue weighted by Crippen LogP contribution is -2.26. The van der Waals surface area contributed by atoms with E-state index in [0.29, 0.717) is 12.6 Å². The van der Waals surface area contributed by atoms with Crippen LogP contribution in [0.4, 0.5) is 13.2 Å². The summed E-state index contributed by atoms with van der Waals surface area (Å²) in [7, 11) is 0. The molecule has 0 unspecified atom stereocenters. The molecule has 92 valence electrons. The van der Waals surface area contributed by atoms with E-state index in [0.717, 1.165) is 19.4 Å². The van der Waals surface area contributed by atoms with Gasteiger partial charge in [-0.05, 0) is 25.9 Å². The first kappa shape index (κ1) is 14.7. The van der Waals surface area contributed by atoms with Gasteiger partial charge in [-0.25, -0.2) is 0 Å². The highest BCUT2D eigenvalue weighted by molar-refractivity contribution is 4.57. The summed E-state index contributed by atoms with van der Waals surface area (Å²) in [5.74, 6) is 0. The molecule has 0 saturated heterocycles. The monoisotopic (exact) mass is 226 g/mol. The molecule has 0 aromatic carbocycles. The minimum Gasteiger partial charge on any atom is -0.316 e. The first-order chi connectivity index (χ1) is 6.92. The molecule has 0 aromatic heterocycles. The van der Waals surface area contributed by atoms with Crippen LogP contribution in [0, 0.1) is 0 Å². The fourth-order valence-corrected chi connectivity index (χ4v) is 1.12. The number of hydrogen-bond acceptors (Lipinski definition) is 2. The quantitative estimate of drug-likeness (QED) is 0.621. The van der Waals surface area contributed by atoms with E-state index in [9.17, 15) is 13.2 Å². The molecule has 2 nitrogen and oxygen atoms in total. The van der Waals surface area contributed by atoms with Gasteiger partial charge in [0.2, 0.25) is 0 Å². The molecule has 0 saturated carbocycles. The standard InChI is InChI=1S/C10H21F3N2/c1-9(2)15-7-4-3-6-14-8-5-10(11,12)13/h9,14-15H,3-8H2,1-2H3. The maximum absolute atomic E-state index is 11.7. The Morgan fingerprint density at radius 1 is 1.00 bits per heavy atom. The van der Waals surface area contributed by atoms with Crippen molar-refractivity contribution in [2.45, 2.75) is 45.3 Å². The highest BCUT2D eigenvalue weighted by Crippen LogP contribution is 2.17. The van der Waals surface area contributed by atoms with E-state index >= 15 is 0 Å². The molecule has 0 heterocycles. The largest absolute Gasteiger partial charge is 0.390 e. The molecule has 0 aliphatic heterocycles. The van der Waals surface area contributed by atoms with Crippen molar-refractivity contribution in [1.82, 2.24) is 10.6 Å². The van der Waals surface area contributed by atoms with Gasteiger partial charge in [-0.15, -0.1) is 0 Å². The number of hydrogen-bond donors (Lipinski definition) is 2. The van der Waals surface area contributed by atoms with Crippen LogP contribution in [0.25, 0.3) is 0 Å². The predicted octanol–water partition coefficient (Wildman–Crippen LogP) is 2.31. The van der Waals surface area contributed by atoms with Crippen molar-refractivity contribution in [1.29, 1.82) is 0 Å². The minimum absolute atomic E-state index is 0.0289. The Bertz CT molecular complexity index is 146. The van der Waals surface area contributed by atoms with Gasteiger partial charge in [-0.1, -0.05) is 13.8 Å². The van der Waals surface area contributed by atoms with Crippen molar-refractivity contribution >= 4 is 0 Å². The Hall–Kier alpha value is -0.290. The predicted molar refractivity (Wildman–Crippen MR) is 55.9 cm³/mol. The second kappa shape index (κ2) is 7.93. The van der Waals surface area contributed by atoms with E-state index in [2.05, 4.69) is 24.5 Å². The number of alkyl halides is 3. The molecule has 0 aliphatic rings. The first-order valence-corrected chi connectivity index (χ1v) is 5.42. The average molecular weight is 226 g/mol. The number of unbranched alkanes of at least 4 members (excludes halogenated alkanes) is 1. The van der Waals surface area contributed by atoms with Crippen LogP contribution in [0.15, 0.2) is 0 Å². The summed E-state index contributed by atoms with van der Waals surface area (Å²) in [5, 5.41) is 6.04. The number of halogens is 3. The third-order valence-corrected chi connectivity index (χ3v) is 1.92. The van der Waals surface area contributed by atoms with E-state index in [1.54, 1.807) is 0 Å². The van der Waals surface area contributed by atoms with Gasteiger partial charge in [0.25, 0.3) is 0 Å².